The van der Waals surface area contributed by atoms with Crippen LogP contribution in [0.25, 0.3) is 6.08 Å². The van der Waals surface area contributed by atoms with Gasteiger partial charge in [-0.15, -0.1) is 17.0 Å². The number of aryl methyl sites for hydroxylation is 1. The van der Waals surface area contributed by atoms with Crippen molar-refractivity contribution in [2.75, 3.05) is 19.6 Å². The lowest BCUT2D eigenvalue weighted by Crippen LogP contribution is -2.30. The summed E-state index contributed by atoms with van der Waals surface area (Å²) in [6.45, 7) is 8.14. The van der Waals surface area contributed by atoms with E-state index in [0.717, 1.165) is 13.0 Å². The highest BCUT2D eigenvalue weighted by Crippen LogP contribution is 2.13. The molecule has 1 saturated heterocycles. The Morgan fingerprint density at radius 3 is 2.32 bits per heavy atom. The Morgan fingerprint density at radius 2 is 1.74 bits per heavy atom. The first kappa shape index (κ1) is 16.5. The molecule has 0 aliphatic carbocycles. The van der Waals surface area contributed by atoms with E-state index >= 15 is 0 Å². The van der Waals surface area contributed by atoms with Gasteiger partial charge in [-0.2, -0.15) is 0 Å². The van der Waals surface area contributed by atoms with Crippen molar-refractivity contribution in [2.24, 2.45) is 0 Å². The van der Waals surface area contributed by atoms with E-state index in [1.807, 2.05) is 0 Å². The fourth-order valence-electron chi connectivity index (χ4n) is 2.65. The van der Waals surface area contributed by atoms with Gasteiger partial charge in [0.25, 0.3) is 0 Å². The Kier molecular flexibility index (Phi) is 7.40. The summed E-state index contributed by atoms with van der Waals surface area (Å²) in [4.78, 5) is 2.58. The molecule has 0 aromatic heterocycles. The van der Waals surface area contributed by atoms with Crippen LogP contribution in [0.4, 0.5) is 0 Å². The molecule has 19 heavy (non-hydrogen) atoms. The van der Waals surface area contributed by atoms with Crippen molar-refractivity contribution in [3.63, 3.8) is 0 Å². The van der Waals surface area contributed by atoms with Crippen molar-refractivity contribution in [3.05, 3.63) is 41.0 Å². The van der Waals surface area contributed by atoms with Crippen LogP contribution in [-0.2, 0) is 6.42 Å². The van der Waals surface area contributed by atoms with Crippen LogP contribution in [0.2, 0.25) is 0 Å². The maximum atomic E-state index is 2.58. The molecule has 0 atom stereocenters. The van der Waals surface area contributed by atoms with Crippen LogP contribution in [0, 0.1) is 0 Å². The van der Waals surface area contributed by atoms with Crippen LogP contribution < -0.4 is 0 Å². The first-order valence-electron chi connectivity index (χ1n) is 7.26. The number of rotatable bonds is 4. The minimum atomic E-state index is 0. The predicted molar refractivity (Wildman–Crippen MR) is 90.1 cm³/mol. The summed E-state index contributed by atoms with van der Waals surface area (Å²) in [5.41, 5.74) is 4.23. The molecule has 1 heterocycles. The summed E-state index contributed by atoms with van der Waals surface area (Å²) in [5, 5.41) is 0. The van der Waals surface area contributed by atoms with Crippen LogP contribution in [0.3, 0.4) is 0 Å². The van der Waals surface area contributed by atoms with Gasteiger partial charge >= 0.3 is 0 Å². The summed E-state index contributed by atoms with van der Waals surface area (Å²) in [6, 6.07) is 8.94. The fraction of sp³-hybridized carbons (Fsp3) is 0.529. The molecular weight excluding hydrogens is 298 g/mol. The SMILES string of the molecule is Br.CCc1ccc(/C=C(\C)CN2CCCCC2)cc1. The quantitative estimate of drug-likeness (QED) is 0.775. The van der Waals surface area contributed by atoms with Crippen molar-refractivity contribution in [3.8, 4) is 0 Å². The molecule has 0 saturated carbocycles. The molecule has 2 heteroatoms. The monoisotopic (exact) mass is 323 g/mol. The third-order valence-corrected chi connectivity index (χ3v) is 3.72. The summed E-state index contributed by atoms with van der Waals surface area (Å²) >= 11 is 0. The standard InChI is InChI=1S/C17H25N.BrH/c1-3-16-7-9-17(10-8-16)13-15(2)14-18-11-5-4-6-12-18;/h7-10,13H,3-6,11-12,14H2,1-2H3;1H/b15-13+;. The van der Waals surface area contributed by atoms with Crippen molar-refractivity contribution >= 4 is 23.1 Å². The molecule has 1 fully saturated rings. The number of hydrogen-bond acceptors (Lipinski definition) is 1. The van der Waals surface area contributed by atoms with E-state index in [-0.39, 0.29) is 17.0 Å². The van der Waals surface area contributed by atoms with Gasteiger partial charge in [-0.3, -0.25) is 4.90 Å². The summed E-state index contributed by atoms with van der Waals surface area (Å²) < 4.78 is 0. The minimum absolute atomic E-state index is 0. The first-order chi connectivity index (χ1) is 8.78. The van der Waals surface area contributed by atoms with Gasteiger partial charge in [0, 0.05) is 6.54 Å². The summed E-state index contributed by atoms with van der Waals surface area (Å²) in [7, 11) is 0. The molecule has 1 aromatic carbocycles. The lowest BCUT2D eigenvalue weighted by atomic mass is 10.1. The third-order valence-electron chi connectivity index (χ3n) is 3.72. The fourth-order valence-corrected chi connectivity index (χ4v) is 2.65. The van der Waals surface area contributed by atoms with E-state index in [2.05, 4.69) is 49.1 Å². The van der Waals surface area contributed by atoms with Gasteiger partial charge in [-0.05, 0) is 50.4 Å². The lowest BCUT2D eigenvalue weighted by Gasteiger charge is -2.26. The number of benzene rings is 1. The number of halogens is 1. The molecule has 1 aliphatic heterocycles. The second kappa shape index (κ2) is 8.55. The molecule has 1 aliphatic rings. The first-order valence-corrected chi connectivity index (χ1v) is 7.26. The maximum absolute atomic E-state index is 2.58. The minimum Gasteiger partial charge on any atom is -0.299 e. The molecule has 2 rings (SSSR count). The second-order valence-electron chi connectivity index (χ2n) is 5.42. The average molecular weight is 324 g/mol. The van der Waals surface area contributed by atoms with Gasteiger partial charge in [-0.25, -0.2) is 0 Å². The molecule has 0 amide bonds. The Labute approximate surface area is 128 Å². The zero-order chi connectivity index (χ0) is 12.8. The Balaban J connectivity index is 0.00000180. The Morgan fingerprint density at radius 1 is 1.11 bits per heavy atom. The summed E-state index contributed by atoms with van der Waals surface area (Å²) in [5.74, 6) is 0. The van der Waals surface area contributed by atoms with E-state index in [0.29, 0.717) is 0 Å². The van der Waals surface area contributed by atoms with E-state index in [1.54, 1.807) is 0 Å². The molecule has 1 aromatic rings. The molecular formula is C17H26BrN. The number of piperidine rings is 1. The lowest BCUT2D eigenvalue weighted by molar-refractivity contribution is 0.247. The van der Waals surface area contributed by atoms with Gasteiger partial charge in [0.2, 0.25) is 0 Å². The van der Waals surface area contributed by atoms with Gasteiger partial charge in [0.05, 0.1) is 0 Å². The van der Waals surface area contributed by atoms with Crippen LogP contribution in [0.15, 0.2) is 29.8 Å². The van der Waals surface area contributed by atoms with Crippen molar-refractivity contribution in [1.82, 2.24) is 4.90 Å². The van der Waals surface area contributed by atoms with Crippen LogP contribution in [-0.4, -0.2) is 24.5 Å². The molecule has 0 spiro atoms. The molecule has 0 bridgehead atoms. The molecule has 0 N–H and O–H groups in total. The molecule has 106 valence electrons. The van der Waals surface area contributed by atoms with Crippen LogP contribution in [0.5, 0.6) is 0 Å². The number of likely N-dealkylation sites (tertiary alicyclic amines) is 1. The highest BCUT2D eigenvalue weighted by Gasteiger charge is 2.09. The molecule has 0 radical (unpaired) electrons. The number of hydrogen-bond donors (Lipinski definition) is 0. The van der Waals surface area contributed by atoms with Crippen LogP contribution >= 0.6 is 17.0 Å². The van der Waals surface area contributed by atoms with Gasteiger partial charge in [0.15, 0.2) is 0 Å². The zero-order valence-electron chi connectivity index (χ0n) is 12.2. The Bertz CT molecular complexity index is 388. The van der Waals surface area contributed by atoms with Crippen molar-refractivity contribution in [2.45, 2.75) is 39.5 Å². The topological polar surface area (TPSA) is 3.24 Å². The van der Waals surface area contributed by atoms with E-state index in [9.17, 15) is 0 Å². The van der Waals surface area contributed by atoms with Gasteiger partial charge < -0.3 is 0 Å². The molecule has 0 unspecified atom stereocenters. The van der Waals surface area contributed by atoms with E-state index in [4.69, 9.17) is 0 Å². The third kappa shape index (κ3) is 5.50. The smallest absolute Gasteiger partial charge is 0.0193 e. The summed E-state index contributed by atoms with van der Waals surface area (Å²) in [6.07, 6.45) is 7.61. The Hall–Kier alpha value is -0.600. The largest absolute Gasteiger partial charge is 0.299 e. The van der Waals surface area contributed by atoms with Crippen LogP contribution in [0.1, 0.15) is 44.2 Å². The average Bonchev–Trinajstić information content (AvgIpc) is 2.40. The molecule has 1 nitrogen and oxygen atoms in total. The highest BCUT2D eigenvalue weighted by molar-refractivity contribution is 8.93. The second-order valence-corrected chi connectivity index (χ2v) is 5.42. The maximum Gasteiger partial charge on any atom is 0.0193 e. The normalized spacial score (nSPS) is 17.1. The van der Waals surface area contributed by atoms with Crippen molar-refractivity contribution < 1.29 is 0 Å². The zero-order valence-corrected chi connectivity index (χ0v) is 13.9. The number of nitrogens with zero attached hydrogens (tertiary/aromatic N) is 1. The predicted octanol–water partition coefficient (Wildman–Crippen LogP) is 4.72. The van der Waals surface area contributed by atoms with Gasteiger partial charge in [-0.1, -0.05) is 49.3 Å². The van der Waals surface area contributed by atoms with Crippen molar-refractivity contribution in [1.29, 1.82) is 0 Å². The highest BCUT2D eigenvalue weighted by atomic mass is 79.9. The van der Waals surface area contributed by atoms with E-state index < -0.39 is 0 Å². The van der Waals surface area contributed by atoms with Gasteiger partial charge in [0.1, 0.15) is 0 Å². The van der Waals surface area contributed by atoms with E-state index in [1.165, 1.54) is 49.1 Å².